The molecule has 5 rings (SSSR count). The van der Waals surface area contributed by atoms with Crippen LogP contribution in [0.5, 0.6) is 5.75 Å². The van der Waals surface area contributed by atoms with Crippen LogP contribution < -0.4 is 15.6 Å². The standard InChI is InChI=1S/C35H33F2N5O6/c1-21(43)27(14-8-11-22-9-4-3-5-10-22)42-20-39-30-31(42)40-29(41-33(30)45)18-23-15-16-28(48-35(36)37)24(17-23)19-38-32(44)25-12-6-7-13-26(25)34(46)47-2/h3-7,9-10,12-13,15-17,20,27,35H,8,11,14,18-19H2,1-2H3,(H,38,44)(H,40,41,45). The van der Waals surface area contributed by atoms with E-state index in [0.717, 1.165) is 18.4 Å². The molecule has 2 aromatic heterocycles. The lowest BCUT2D eigenvalue weighted by atomic mass is 10.0. The Balaban J connectivity index is 1.38. The third-order valence-corrected chi connectivity index (χ3v) is 7.80. The van der Waals surface area contributed by atoms with Crippen LogP contribution in [0, 0.1) is 0 Å². The van der Waals surface area contributed by atoms with Gasteiger partial charge in [0.15, 0.2) is 16.9 Å². The molecule has 13 heteroatoms. The molecule has 1 atom stereocenters. The summed E-state index contributed by atoms with van der Waals surface area (Å²) in [5, 5.41) is 2.64. The van der Waals surface area contributed by atoms with Crippen LogP contribution in [0.15, 0.2) is 83.9 Å². The van der Waals surface area contributed by atoms with Crippen LogP contribution in [0.3, 0.4) is 0 Å². The number of imidazole rings is 1. The largest absolute Gasteiger partial charge is 0.465 e. The van der Waals surface area contributed by atoms with Gasteiger partial charge < -0.3 is 24.3 Å². The molecule has 1 unspecified atom stereocenters. The monoisotopic (exact) mass is 657 g/mol. The van der Waals surface area contributed by atoms with Gasteiger partial charge in [0.1, 0.15) is 11.6 Å². The van der Waals surface area contributed by atoms with E-state index in [0.29, 0.717) is 12.0 Å². The summed E-state index contributed by atoms with van der Waals surface area (Å²) in [7, 11) is 1.19. The predicted molar refractivity (Wildman–Crippen MR) is 172 cm³/mol. The molecular formula is C35H33F2N5O6. The Morgan fingerprint density at radius 1 is 0.979 bits per heavy atom. The fourth-order valence-electron chi connectivity index (χ4n) is 5.49. The molecule has 5 aromatic rings. The Kier molecular flexibility index (Phi) is 10.7. The number of fused-ring (bicyclic) bond motifs is 1. The fourth-order valence-corrected chi connectivity index (χ4v) is 5.49. The molecule has 0 radical (unpaired) electrons. The lowest BCUT2D eigenvalue weighted by Gasteiger charge is -2.16. The summed E-state index contributed by atoms with van der Waals surface area (Å²) < 4.78 is 37.5. The van der Waals surface area contributed by atoms with Crippen molar-refractivity contribution in [3.05, 3.63) is 123 Å². The average molecular weight is 658 g/mol. The van der Waals surface area contributed by atoms with E-state index in [9.17, 15) is 28.0 Å². The number of alkyl halides is 2. The lowest BCUT2D eigenvalue weighted by Crippen LogP contribution is -2.25. The number of carbonyl (C=O) groups excluding carboxylic acids is 3. The van der Waals surface area contributed by atoms with Crippen LogP contribution in [0.1, 0.15) is 69.0 Å². The third-order valence-electron chi connectivity index (χ3n) is 7.80. The molecule has 0 saturated carbocycles. The number of aromatic amines is 1. The number of ketones is 1. The van der Waals surface area contributed by atoms with E-state index in [2.05, 4.69) is 25.0 Å². The lowest BCUT2D eigenvalue weighted by molar-refractivity contribution is -0.120. The Bertz CT molecular complexity index is 1990. The van der Waals surface area contributed by atoms with Gasteiger partial charge in [-0.1, -0.05) is 48.5 Å². The summed E-state index contributed by atoms with van der Waals surface area (Å²) in [6.07, 6.45) is 3.55. The number of nitrogens with zero attached hydrogens (tertiary/aromatic N) is 3. The highest BCUT2D eigenvalue weighted by Gasteiger charge is 2.22. The molecule has 3 aromatic carbocycles. The van der Waals surface area contributed by atoms with Crippen molar-refractivity contribution in [1.82, 2.24) is 24.8 Å². The summed E-state index contributed by atoms with van der Waals surface area (Å²) in [6, 6.07) is 19.8. The molecule has 0 aliphatic carbocycles. The molecule has 11 nitrogen and oxygen atoms in total. The Hall–Kier alpha value is -5.72. The average Bonchev–Trinajstić information content (AvgIpc) is 3.50. The highest BCUT2D eigenvalue weighted by atomic mass is 19.3. The predicted octanol–water partition coefficient (Wildman–Crippen LogP) is 5.18. The maximum Gasteiger partial charge on any atom is 0.387 e. The zero-order chi connectivity index (χ0) is 34.2. The number of H-pyrrole nitrogens is 1. The van der Waals surface area contributed by atoms with Crippen molar-refractivity contribution in [3.63, 3.8) is 0 Å². The minimum atomic E-state index is -3.12. The third kappa shape index (κ3) is 7.97. The second-order valence-corrected chi connectivity index (χ2v) is 11.1. The highest BCUT2D eigenvalue weighted by Crippen LogP contribution is 2.25. The van der Waals surface area contributed by atoms with Crippen LogP contribution in [0.25, 0.3) is 11.2 Å². The van der Waals surface area contributed by atoms with Crippen molar-refractivity contribution in [2.24, 2.45) is 0 Å². The molecule has 0 fully saturated rings. The summed E-state index contributed by atoms with van der Waals surface area (Å²) in [4.78, 5) is 62.4. The fraction of sp³-hybridized carbons (Fsp3) is 0.257. The Morgan fingerprint density at radius 3 is 2.42 bits per heavy atom. The molecule has 2 N–H and O–H groups in total. The molecule has 2 heterocycles. The second kappa shape index (κ2) is 15.2. The Morgan fingerprint density at radius 2 is 1.71 bits per heavy atom. The van der Waals surface area contributed by atoms with E-state index in [4.69, 9.17) is 4.74 Å². The first kappa shape index (κ1) is 33.6. The van der Waals surface area contributed by atoms with Crippen molar-refractivity contribution in [2.45, 2.75) is 51.8 Å². The number of Topliss-reactive ketones (excluding diaryl/α,β-unsaturated/α-hetero) is 1. The van der Waals surface area contributed by atoms with Crippen molar-refractivity contribution >= 4 is 28.8 Å². The number of hydrogen-bond acceptors (Lipinski definition) is 8. The molecule has 0 aliphatic heterocycles. The van der Waals surface area contributed by atoms with E-state index >= 15 is 0 Å². The minimum absolute atomic E-state index is 0.0446. The normalized spacial score (nSPS) is 11.8. The molecule has 0 saturated heterocycles. The highest BCUT2D eigenvalue weighted by molar-refractivity contribution is 6.05. The van der Waals surface area contributed by atoms with Gasteiger partial charge in [0.25, 0.3) is 11.5 Å². The second-order valence-electron chi connectivity index (χ2n) is 11.1. The van der Waals surface area contributed by atoms with Gasteiger partial charge in [0.2, 0.25) is 0 Å². The molecule has 248 valence electrons. The number of hydrogen-bond donors (Lipinski definition) is 2. The maximum absolute atomic E-state index is 13.2. The van der Waals surface area contributed by atoms with Crippen molar-refractivity contribution < 1.29 is 32.6 Å². The zero-order valence-electron chi connectivity index (χ0n) is 26.2. The number of carbonyl (C=O) groups is 3. The molecule has 0 spiro atoms. The minimum Gasteiger partial charge on any atom is -0.465 e. The molecule has 1 amide bonds. The number of rotatable bonds is 14. The van der Waals surface area contributed by atoms with Gasteiger partial charge >= 0.3 is 12.6 Å². The first-order valence-electron chi connectivity index (χ1n) is 15.2. The van der Waals surface area contributed by atoms with Crippen LogP contribution in [-0.2, 0) is 28.9 Å². The topological polar surface area (TPSA) is 145 Å². The van der Waals surface area contributed by atoms with Gasteiger partial charge in [-0.25, -0.2) is 14.8 Å². The van der Waals surface area contributed by atoms with Crippen molar-refractivity contribution in [2.75, 3.05) is 7.11 Å². The number of aryl methyl sites for hydroxylation is 1. The Labute approximate surface area is 273 Å². The zero-order valence-corrected chi connectivity index (χ0v) is 26.2. The smallest absolute Gasteiger partial charge is 0.387 e. The van der Waals surface area contributed by atoms with E-state index in [-0.39, 0.29) is 58.2 Å². The first-order valence-corrected chi connectivity index (χ1v) is 15.2. The number of aromatic nitrogens is 4. The number of amides is 1. The van der Waals surface area contributed by atoms with Crippen LogP contribution >= 0.6 is 0 Å². The van der Waals surface area contributed by atoms with Crippen molar-refractivity contribution in [1.29, 1.82) is 0 Å². The number of halogens is 2. The van der Waals surface area contributed by atoms with E-state index in [1.165, 1.54) is 38.6 Å². The van der Waals surface area contributed by atoms with E-state index in [1.807, 2.05) is 30.3 Å². The molecule has 48 heavy (non-hydrogen) atoms. The number of methoxy groups -OCH3 is 1. The number of esters is 1. The quantitative estimate of drug-likeness (QED) is 0.156. The van der Waals surface area contributed by atoms with Gasteiger partial charge in [0.05, 0.1) is 30.6 Å². The maximum atomic E-state index is 13.2. The summed E-state index contributed by atoms with van der Waals surface area (Å²) in [5.41, 5.74) is 1.88. The molecular weight excluding hydrogens is 624 g/mol. The van der Waals surface area contributed by atoms with Gasteiger partial charge in [-0.15, -0.1) is 0 Å². The number of nitrogens with one attached hydrogen (secondary N) is 2. The van der Waals surface area contributed by atoms with Crippen LogP contribution in [0.2, 0.25) is 0 Å². The van der Waals surface area contributed by atoms with Gasteiger partial charge in [-0.05, 0) is 61.6 Å². The SMILES string of the molecule is COC(=O)c1ccccc1C(=O)NCc1cc(Cc2nc3c(ncn3C(CCCc3ccccc3)C(C)=O)c(=O)[nH]2)ccc1OC(F)F. The van der Waals surface area contributed by atoms with Crippen LogP contribution in [0.4, 0.5) is 8.78 Å². The summed E-state index contributed by atoms with van der Waals surface area (Å²) in [5.74, 6) is -1.33. The van der Waals surface area contributed by atoms with Gasteiger partial charge in [-0.3, -0.25) is 14.4 Å². The first-order chi connectivity index (χ1) is 23.1. The molecule has 0 aliphatic rings. The van der Waals surface area contributed by atoms with Gasteiger partial charge in [-0.2, -0.15) is 8.78 Å². The number of ether oxygens (including phenoxy) is 2. The summed E-state index contributed by atoms with van der Waals surface area (Å²) >= 11 is 0. The van der Waals surface area contributed by atoms with Crippen LogP contribution in [-0.4, -0.2) is 50.9 Å². The van der Waals surface area contributed by atoms with Crippen molar-refractivity contribution in [3.8, 4) is 5.75 Å². The van der Waals surface area contributed by atoms with E-state index in [1.54, 1.807) is 28.8 Å². The number of benzene rings is 3. The van der Waals surface area contributed by atoms with Gasteiger partial charge in [0, 0.05) is 18.5 Å². The van der Waals surface area contributed by atoms with E-state index < -0.39 is 30.1 Å². The molecule has 0 bridgehead atoms. The summed E-state index contributed by atoms with van der Waals surface area (Å²) in [6.45, 7) is -1.85.